The molecule has 2 heterocycles. The van der Waals surface area contributed by atoms with Crippen LogP contribution in [0.25, 0.3) is 0 Å². The van der Waals surface area contributed by atoms with Gasteiger partial charge < -0.3 is 10.6 Å². The van der Waals surface area contributed by atoms with E-state index in [0.29, 0.717) is 19.0 Å². The second-order valence-corrected chi connectivity index (χ2v) is 6.79. The second kappa shape index (κ2) is 7.88. The number of halogens is 1. The molecule has 106 valence electrons. The van der Waals surface area contributed by atoms with Crippen LogP contribution in [-0.4, -0.2) is 25.0 Å². The predicted molar refractivity (Wildman–Crippen MR) is 80.9 cm³/mol. The number of rotatable bonds is 6. The molecule has 0 aromatic carbocycles. The number of hydrogen-bond donors (Lipinski definition) is 2. The van der Waals surface area contributed by atoms with E-state index in [1.165, 1.54) is 24.1 Å². The maximum Gasteiger partial charge on any atom is 0.220 e. The van der Waals surface area contributed by atoms with Crippen LogP contribution in [0.3, 0.4) is 0 Å². The summed E-state index contributed by atoms with van der Waals surface area (Å²) < 4.78 is 0.810. The number of thiophene rings is 1. The molecule has 1 aromatic heterocycles. The number of carbonyl (C=O) groups is 1. The quantitative estimate of drug-likeness (QED) is 0.848. The van der Waals surface area contributed by atoms with Crippen LogP contribution in [0.15, 0.2) is 12.1 Å². The fourth-order valence-corrected chi connectivity index (χ4v) is 3.46. The topological polar surface area (TPSA) is 41.1 Å². The Morgan fingerprint density at radius 2 is 2.37 bits per heavy atom. The molecule has 1 saturated heterocycles. The largest absolute Gasteiger partial charge is 0.356 e. The molecular weight excluding hydrogens is 280 g/mol. The zero-order valence-corrected chi connectivity index (χ0v) is 12.7. The fraction of sp³-hybridized carbons (Fsp3) is 0.643. The number of piperidine rings is 1. The molecule has 0 aliphatic carbocycles. The van der Waals surface area contributed by atoms with Gasteiger partial charge in [-0.2, -0.15) is 0 Å². The van der Waals surface area contributed by atoms with E-state index in [9.17, 15) is 4.79 Å². The summed E-state index contributed by atoms with van der Waals surface area (Å²) in [5, 5.41) is 6.44. The van der Waals surface area contributed by atoms with Crippen LogP contribution in [0.1, 0.15) is 37.0 Å². The summed E-state index contributed by atoms with van der Waals surface area (Å²) in [5.74, 6) is 0.162. The highest BCUT2D eigenvalue weighted by Gasteiger charge is 2.13. The standard InChI is InChI=1S/C14H21ClN2OS/c15-13-6-5-12(19-13)8-10-17-14(18)7-4-11-3-1-2-9-16-11/h5-6,11,16H,1-4,7-10H2,(H,17,18). The molecule has 3 nitrogen and oxygen atoms in total. The van der Waals surface area contributed by atoms with Gasteiger partial charge in [0.05, 0.1) is 4.34 Å². The smallest absolute Gasteiger partial charge is 0.220 e. The van der Waals surface area contributed by atoms with Crippen LogP contribution >= 0.6 is 22.9 Å². The number of hydrogen-bond acceptors (Lipinski definition) is 3. The van der Waals surface area contributed by atoms with Crippen molar-refractivity contribution in [2.24, 2.45) is 0 Å². The summed E-state index contributed by atoms with van der Waals surface area (Å²) >= 11 is 7.44. The first-order valence-electron chi connectivity index (χ1n) is 6.98. The highest BCUT2D eigenvalue weighted by molar-refractivity contribution is 7.16. The Bertz CT molecular complexity index is 402. The minimum atomic E-state index is 0.162. The first kappa shape index (κ1) is 14.8. The molecule has 1 atom stereocenters. The van der Waals surface area contributed by atoms with E-state index in [4.69, 9.17) is 11.6 Å². The average Bonchev–Trinajstić information content (AvgIpc) is 2.83. The van der Waals surface area contributed by atoms with Gasteiger partial charge in [-0.1, -0.05) is 18.0 Å². The zero-order valence-electron chi connectivity index (χ0n) is 11.1. The molecule has 2 N–H and O–H groups in total. The highest BCUT2D eigenvalue weighted by Crippen LogP contribution is 2.21. The van der Waals surface area contributed by atoms with E-state index in [2.05, 4.69) is 10.6 Å². The van der Waals surface area contributed by atoms with E-state index in [1.807, 2.05) is 12.1 Å². The normalized spacial score (nSPS) is 19.3. The van der Waals surface area contributed by atoms with Crippen molar-refractivity contribution in [3.8, 4) is 0 Å². The number of nitrogens with one attached hydrogen (secondary N) is 2. The average molecular weight is 301 g/mol. The molecule has 0 radical (unpaired) electrons. The molecule has 1 unspecified atom stereocenters. The van der Waals surface area contributed by atoms with Gasteiger partial charge in [0.15, 0.2) is 0 Å². The monoisotopic (exact) mass is 300 g/mol. The van der Waals surface area contributed by atoms with Gasteiger partial charge in [-0.25, -0.2) is 0 Å². The highest BCUT2D eigenvalue weighted by atomic mass is 35.5. The van der Waals surface area contributed by atoms with Crippen LogP contribution in [0, 0.1) is 0 Å². The molecule has 1 amide bonds. The maximum absolute atomic E-state index is 11.7. The predicted octanol–water partition coefficient (Wildman–Crippen LogP) is 2.98. The van der Waals surface area contributed by atoms with E-state index < -0.39 is 0 Å². The number of carbonyl (C=O) groups excluding carboxylic acids is 1. The SMILES string of the molecule is O=C(CCC1CCCCN1)NCCc1ccc(Cl)s1. The molecule has 0 bridgehead atoms. The van der Waals surface area contributed by atoms with Crippen LogP contribution in [0.4, 0.5) is 0 Å². The van der Waals surface area contributed by atoms with Gasteiger partial charge in [0.2, 0.25) is 5.91 Å². The van der Waals surface area contributed by atoms with E-state index in [-0.39, 0.29) is 5.91 Å². The lowest BCUT2D eigenvalue weighted by Gasteiger charge is -2.23. The zero-order chi connectivity index (χ0) is 13.5. The Hall–Kier alpha value is -0.580. The van der Waals surface area contributed by atoms with Gasteiger partial charge in [-0.05, 0) is 44.4 Å². The fourth-order valence-electron chi connectivity index (χ4n) is 2.38. The van der Waals surface area contributed by atoms with Gasteiger partial charge >= 0.3 is 0 Å². The van der Waals surface area contributed by atoms with Crippen molar-refractivity contribution in [3.63, 3.8) is 0 Å². The molecular formula is C14H21ClN2OS. The third-order valence-electron chi connectivity index (χ3n) is 3.45. The van der Waals surface area contributed by atoms with Crippen molar-refractivity contribution in [3.05, 3.63) is 21.3 Å². The lowest BCUT2D eigenvalue weighted by molar-refractivity contribution is -0.121. The van der Waals surface area contributed by atoms with Crippen LogP contribution in [-0.2, 0) is 11.2 Å². The van der Waals surface area contributed by atoms with E-state index in [1.54, 1.807) is 11.3 Å². The van der Waals surface area contributed by atoms with Gasteiger partial charge in [0, 0.05) is 23.9 Å². The molecule has 2 rings (SSSR count). The third-order valence-corrected chi connectivity index (χ3v) is 4.75. The van der Waals surface area contributed by atoms with Gasteiger partial charge in [0.1, 0.15) is 0 Å². The minimum Gasteiger partial charge on any atom is -0.356 e. The summed E-state index contributed by atoms with van der Waals surface area (Å²) in [6.07, 6.45) is 6.22. The van der Waals surface area contributed by atoms with Gasteiger partial charge in [-0.3, -0.25) is 4.79 Å². The molecule has 1 aliphatic rings. The molecule has 19 heavy (non-hydrogen) atoms. The van der Waals surface area contributed by atoms with Crippen LogP contribution < -0.4 is 10.6 Å². The first-order valence-corrected chi connectivity index (χ1v) is 8.18. The van der Waals surface area contributed by atoms with Crippen molar-refractivity contribution in [2.45, 2.75) is 44.6 Å². The lowest BCUT2D eigenvalue weighted by Crippen LogP contribution is -2.35. The Labute approximate surface area is 123 Å². The molecule has 1 fully saturated rings. The summed E-state index contributed by atoms with van der Waals surface area (Å²) in [7, 11) is 0. The second-order valence-electron chi connectivity index (χ2n) is 4.99. The van der Waals surface area contributed by atoms with Crippen LogP contribution in [0.5, 0.6) is 0 Å². The van der Waals surface area contributed by atoms with Crippen LogP contribution in [0.2, 0.25) is 4.34 Å². The summed E-state index contributed by atoms with van der Waals surface area (Å²) in [6, 6.07) is 4.46. The van der Waals surface area contributed by atoms with Crippen molar-refractivity contribution >= 4 is 28.8 Å². The summed E-state index contributed by atoms with van der Waals surface area (Å²) in [6.45, 7) is 1.80. The molecule has 1 aliphatic heterocycles. The van der Waals surface area contributed by atoms with Gasteiger partial charge in [0.25, 0.3) is 0 Å². The Kier molecular flexibility index (Phi) is 6.14. The minimum absolute atomic E-state index is 0.162. The molecule has 0 spiro atoms. The van der Waals surface area contributed by atoms with E-state index >= 15 is 0 Å². The number of amides is 1. The van der Waals surface area contributed by atoms with E-state index in [0.717, 1.165) is 23.7 Å². The van der Waals surface area contributed by atoms with Crippen molar-refractivity contribution in [2.75, 3.05) is 13.1 Å². The third kappa shape index (κ3) is 5.51. The Morgan fingerprint density at radius 3 is 3.05 bits per heavy atom. The molecule has 1 aromatic rings. The first-order chi connectivity index (χ1) is 9.24. The maximum atomic E-state index is 11.7. The van der Waals surface area contributed by atoms with Gasteiger partial charge in [-0.15, -0.1) is 11.3 Å². The summed E-state index contributed by atoms with van der Waals surface area (Å²) in [4.78, 5) is 12.9. The van der Waals surface area contributed by atoms with Crippen molar-refractivity contribution < 1.29 is 4.79 Å². The molecule has 5 heteroatoms. The lowest BCUT2D eigenvalue weighted by atomic mass is 10.0. The Morgan fingerprint density at radius 1 is 1.47 bits per heavy atom. The van der Waals surface area contributed by atoms with Crippen molar-refractivity contribution in [1.29, 1.82) is 0 Å². The van der Waals surface area contributed by atoms with Crippen molar-refractivity contribution in [1.82, 2.24) is 10.6 Å². The Balaban J connectivity index is 1.56. The molecule has 0 saturated carbocycles. The summed E-state index contributed by atoms with van der Waals surface area (Å²) in [5.41, 5.74) is 0.